The number of hydrogen-bond acceptors (Lipinski definition) is 4. The summed E-state index contributed by atoms with van der Waals surface area (Å²) in [7, 11) is -3.23. The van der Waals surface area contributed by atoms with Crippen molar-refractivity contribution in [2.75, 3.05) is 17.3 Å². The first-order valence-corrected chi connectivity index (χ1v) is 9.71. The summed E-state index contributed by atoms with van der Waals surface area (Å²) in [6.45, 7) is 0. The van der Waals surface area contributed by atoms with Gasteiger partial charge in [-0.2, -0.15) is 0 Å². The van der Waals surface area contributed by atoms with Crippen molar-refractivity contribution >= 4 is 27.3 Å². The quantitative estimate of drug-likeness (QED) is 0.936. The topological polar surface area (TPSA) is 46.2 Å². The van der Waals surface area contributed by atoms with Crippen LogP contribution in [0, 0.1) is 0 Å². The first-order valence-electron chi connectivity index (χ1n) is 6.83. The molecule has 1 N–H and O–H groups in total. The average Bonchev–Trinajstić information content (AvgIpc) is 2.47. The van der Waals surface area contributed by atoms with E-state index in [1.165, 1.54) is 16.7 Å². The monoisotopic (exact) mass is 319 g/mol. The van der Waals surface area contributed by atoms with Crippen LogP contribution in [0.1, 0.15) is 18.0 Å². The van der Waals surface area contributed by atoms with Crippen LogP contribution in [0.3, 0.4) is 0 Å². The fraction of sp³-hybridized carbons (Fsp3) is 0.250. The molecule has 1 aliphatic heterocycles. The molecule has 0 aromatic heterocycles. The van der Waals surface area contributed by atoms with Gasteiger partial charge in [-0.1, -0.05) is 30.3 Å². The number of benzene rings is 2. The van der Waals surface area contributed by atoms with Crippen molar-refractivity contribution in [3.05, 3.63) is 54.1 Å². The lowest BCUT2D eigenvalue weighted by Gasteiger charge is -2.27. The van der Waals surface area contributed by atoms with E-state index in [1.54, 1.807) is 12.1 Å². The van der Waals surface area contributed by atoms with Gasteiger partial charge in [-0.3, -0.25) is 0 Å². The van der Waals surface area contributed by atoms with Crippen molar-refractivity contribution in [1.29, 1.82) is 0 Å². The van der Waals surface area contributed by atoms with Gasteiger partial charge in [0.15, 0.2) is 9.84 Å². The van der Waals surface area contributed by atoms with Crippen LogP contribution in [0.5, 0.6) is 0 Å². The molecule has 0 spiro atoms. The first kappa shape index (κ1) is 14.5. The number of anilines is 1. The Morgan fingerprint density at radius 1 is 1.10 bits per heavy atom. The SMILES string of the molecule is CS(=O)(=O)c1ccccc1NC1CCSc2ccccc21. The second-order valence-corrected chi connectivity index (χ2v) is 8.26. The van der Waals surface area contributed by atoms with Crippen LogP contribution in [0.4, 0.5) is 5.69 Å². The fourth-order valence-electron chi connectivity index (χ4n) is 2.59. The number of rotatable bonds is 3. The Hall–Kier alpha value is -1.46. The maximum absolute atomic E-state index is 11.9. The van der Waals surface area contributed by atoms with Crippen molar-refractivity contribution in [2.24, 2.45) is 0 Å². The second kappa shape index (κ2) is 5.73. The molecular formula is C16H17NO2S2. The predicted molar refractivity (Wildman–Crippen MR) is 87.7 cm³/mol. The molecule has 0 saturated carbocycles. The number of sulfone groups is 1. The summed E-state index contributed by atoms with van der Waals surface area (Å²) in [5.41, 5.74) is 1.93. The lowest BCUT2D eigenvalue weighted by molar-refractivity contribution is 0.601. The minimum Gasteiger partial charge on any atom is -0.377 e. The zero-order valence-corrected chi connectivity index (χ0v) is 13.4. The summed E-state index contributed by atoms with van der Waals surface area (Å²) in [5.74, 6) is 1.04. The first-order chi connectivity index (χ1) is 10.1. The Labute approximate surface area is 129 Å². The maximum Gasteiger partial charge on any atom is 0.177 e. The molecule has 110 valence electrons. The van der Waals surface area contributed by atoms with E-state index >= 15 is 0 Å². The molecular weight excluding hydrogens is 302 g/mol. The zero-order valence-electron chi connectivity index (χ0n) is 11.7. The minimum absolute atomic E-state index is 0.158. The van der Waals surface area contributed by atoms with Crippen molar-refractivity contribution in [3.63, 3.8) is 0 Å². The van der Waals surface area contributed by atoms with Gasteiger partial charge in [0.2, 0.25) is 0 Å². The second-order valence-electron chi connectivity index (χ2n) is 5.14. The summed E-state index contributed by atoms with van der Waals surface area (Å²) < 4.78 is 23.8. The Morgan fingerprint density at radius 2 is 1.81 bits per heavy atom. The van der Waals surface area contributed by atoms with E-state index in [0.29, 0.717) is 10.6 Å². The molecule has 21 heavy (non-hydrogen) atoms. The molecule has 0 bridgehead atoms. The van der Waals surface area contributed by atoms with Crippen molar-refractivity contribution in [3.8, 4) is 0 Å². The molecule has 0 aliphatic carbocycles. The van der Waals surface area contributed by atoms with Gasteiger partial charge in [-0.15, -0.1) is 11.8 Å². The van der Waals surface area contributed by atoms with Gasteiger partial charge in [0.1, 0.15) is 0 Å². The Kier molecular flexibility index (Phi) is 3.95. The molecule has 1 unspecified atom stereocenters. The van der Waals surface area contributed by atoms with Gasteiger partial charge < -0.3 is 5.32 Å². The van der Waals surface area contributed by atoms with Crippen LogP contribution < -0.4 is 5.32 Å². The van der Waals surface area contributed by atoms with Crippen molar-refractivity contribution in [1.82, 2.24) is 0 Å². The van der Waals surface area contributed by atoms with E-state index in [-0.39, 0.29) is 6.04 Å². The molecule has 3 rings (SSSR count). The minimum atomic E-state index is -3.23. The van der Waals surface area contributed by atoms with Crippen LogP contribution in [-0.2, 0) is 9.84 Å². The predicted octanol–water partition coefficient (Wildman–Crippen LogP) is 3.74. The highest BCUT2D eigenvalue weighted by Crippen LogP contribution is 2.38. The Balaban J connectivity index is 1.96. The smallest absolute Gasteiger partial charge is 0.177 e. The number of thioether (sulfide) groups is 1. The largest absolute Gasteiger partial charge is 0.377 e. The molecule has 0 saturated heterocycles. The summed E-state index contributed by atoms with van der Waals surface area (Å²) in [6.07, 6.45) is 2.23. The van der Waals surface area contributed by atoms with E-state index in [1.807, 2.05) is 36.0 Å². The average molecular weight is 319 g/mol. The van der Waals surface area contributed by atoms with Crippen LogP contribution in [0.2, 0.25) is 0 Å². The van der Waals surface area contributed by atoms with Gasteiger partial charge >= 0.3 is 0 Å². The third kappa shape index (κ3) is 3.09. The lowest BCUT2D eigenvalue weighted by Crippen LogP contribution is -2.17. The highest BCUT2D eigenvalue weighted by atomic mass is 32.2. The molecule has 2 aromatic rings. The van der Waals surface area contributed by atoms with Gasteiger partial charge in [0.25, 0.3) is 0 Å². The van der Waals surface area contributed by atoms with Crippen molar-refractivity contribution in [2.45, 2.75) is 22.3 Å². The molecule has 0 radical (unpaired) electrons. The number of hydrogen-bond donors (Lipinski definition) is 1. The lowest BCUT2D eigenvalue weighted by atomic mass is 10.0. The van der Waals surface area contributed by atoms with E-state index in [0.717, 1.165) is 12.2 Å². The molecule has 1 aliphatic rings. The number of fused-ring (bicyclic) bond motifs is 1. The van der Waals surface area contributed by atoms with E-state index in [4.69, 9.17) is 0 Å². The molecule has 0 fully saturated rings. The van der Waals surface area contributed by atoms with Crippen LogP contribution in [-0.4, -0.2) is 20.4 Å². The third-order valence-corrected chi connectivity index (χ3v) is 5.85. The molecule has 1 heterocycles. The fourth-order valence-corrected chi connectivity index (χ4v) is 4.57. The Morgan fingerprint density at radius 3 is 2.62 bits per heavy atom. The van der Waals surface area contributed by atoms with Gasteiger partial charge in [0.05, 0.1) is 16.6 Å². The summed E-state index contributed by atoms with van der Waals surface area (Å²) in [6, 6.07) is 15.6. The van der Waals surface area contributed by atoms with Crippen LogP contribution in [0.25, 0.3) is 0 Å². The zero-order chi connectivity index (χ0) is 14.9. The van der Waals surface area contributed by atoms with Gasteiger partial charge in [-0.05, 0) is 30.2 Å². The number of para-hydroxylation sites is 1. The van der Waals surface area contributed by atoms with E-state index in [2.05, 4.69) is 17.4 Å². The highest BCUT2D eigenvalue weighted by Gasteiger charge is 2.22. The molecule has 5 heteroatoms. The van der Waals surface area contributed by atoms with Gasteiger partial charge in [-0.25, -0.2) is 8.42 Å². The highest BCUT2D eigenvalue weighted by molar-refractivity contribution is 7.99. The Bertz CT molecular complexity index is 756. The summed E-state index contributed by atoms with van der Waals surface area (Å²) in [5, 5.41) is 3.42. The van der Waals surface area contributed by atoms with E-state index < -0.39 is 9.84 Å². The van der Waals surface area contributed by atoms with Crippen molar-refractivity contribution < 1.29 is 8.42 Å². The molecule has 1 atom stereocenters. The molecule has 3 nitrogen and oxygen atoms in total. The molecule has 0 amide bonds. The maximum atomic E-state index is 11.9. The summed E-state index contributed by atoms with van der Waals surface area (Å²) in [4.78, 5) is 1.64. The molecule has 2 aromatic carbocycles. The summed E-state index contributed by atoms with van der Waals surface area (Å²) >= 11 is 1.85. The van der Waals surface area contributed by atoms with E-state index in [9.17, 15) is 8.42 Å². The number of nitrogens with one attached hydrogen (secondary N) is 1. The van der Waals surface area contributed by atoms with Crippen LogP contribution in [0.15, 0.2) is 58.3 Å². The normalized spacial score (nSPS) is 18.0. The third-order valence-electron chi connectivity index (χ3n) is 3.57. The van der Waals surface area contributed by atoms with Crippen LogP contribution >= 0.6 is 11.8 Å². The van der Waals surface area contributed by atoms with Gasteiger partial charge in [0, 0.05) is 16.9 Å². The standard InChI is InChI=1S/C16H17NO2S2/c1-21(18,19)16-9-5-3-7-14(16)17-13-10-11-20-15-8-4-2-6-12(13)15/h2-9,13,17H,10-11H2,1H3.